The predicted molar refractivity (Wildman–Crippen MR) is 79.8 cm³/mol. The Bertz CT molecular complexity index is 633. The third kappa shape index (κ3) is 4.07. The number of carbonyl (C=O) groups excluding carboxylic acids is 1. The summed E-state index contributed by atoms with van der Waals surface area (Å²) in [5.41, 5.74) is 1.39. The van der Waals surface area contributed by atoms with E-state index in [2.05, 4.69) is 0 Å². The smallest absolute Gasteiger partial charge is 0.337 e. The normalized spacial score (nSPS) is 10.4. The summed E-state index contributed by atoms with van der Waals surface area (Å²) in [5, 5.41) is 8.31. The molecule has 20 heavy (non-hydrogen) atoms. The molecule has 2 aromatic rings. The van der Waals surface area contributed by atoms with Crippen molar-refractivity contribution in [1.29, 1.82) is 5.41 Å². The van der Waals surface area contributed by atoms with Crippen LogP contribution in [0.3, 0.4) is 0 Å². The van der Waals surface area contributed by atoms with Crippen LogP contribution in [-0.4, -0.2) is 11.9 Å². The Hall–Kier alpha value is -2.39. The van der Waals surface area contributed by atoms with Crippen molar-refractivity contribution in [2.45, 2.75) is 0 Å². The predicted octanol–water partition coefficient (Wildman–Crippen LogP) is 3.92. The minimum Gasteiger partial charge on any atom is -0.404 e. The molecule has 0 fully saturated rings. The summed E-state index contributed by atoms with van der Waals surface area (Å²) in [4.78, 5) is 11.6. The van der Waals surface area contributed by atoms with Gasteiger partial charge in [-0.1, -0.05) is 41.9 Å². The topological polar surface area (TPSA) is 50.1 Å². The van der Waals surface area contributed by atoms with E-state index in [-0.39, 0.29) is 5.90 Å². The minimum absolute atomic E-state index is 0.170. The first-order valence-corrected chi connectivity index (χ1v) is 6.32. The average Bonchev–Trinajstić information content (AvgIpc) is 2.47. The molecule has 0 saturated carbocycles. The largest absolute Gasteiger partial charge is 0.404 e. The Morgan fingerprint density at radius 1 is 1.05 bits per heavy atom. The second-order valence-electron chi connectivity index (χ2n) is 4.00. The zero-order chi connectivity index (χ0) is 14.4. The number of rotatable bonds is 3. The van der Waals surface area contributed by atoms with Gasteiger partial charge in [-0.2, -0.15) is 0 Å². The quantitative estimate of drug-likeness (QED) is 0.402. The van der Waals surface area contributed by atoms with E-state index < -0.39 is 5.97 Å². The van der Waals surface area contributed by atoms with Crippen LogP contribution in [0, 0.1) is 5.41 Å². The lowest BCUT2D eigenvalue weighted by Crippen LogP contribution is -2.10. The highest BCUT2D eigenvalue weighted by molar-refractivity contribution is 6.30. The van der Waals surface area contributed by atoms with Gasteiger partial charge in [-0.25, -0.2) is 4.79 Å². The van der Waals surface area contributed by atoms with Crippen LogP contribution in [0.4, 0.5) is 0 Å². The van der Waals surface area contributed by atoms with Crippen LogP contribution in [0.15, 0.2) is 60.7 Å². The van der Waals surface area contributed by atoms with Crippen LogP contribution in [0.5, 0.6) is 0 Å². The lowest BCUT2D eigenvalue weighted by atomic mass is 10.2. The maximum Gasteiger partial charge on any atom is 0.337 e. The fourth-order valence-corrected chi connectivity index (χ4v) is 1.65. The first kappa shape index (κ1) is 14.0. The van der Waals surface area contributed by atoms with Gasteiger partial charge in [0.2, 0.25) is 5.90 Å². The monoisotopic (exact) mass is 285 g/mol. The van der Waals surface area contributed by atoms with Gasteiger partial charge in [-0.15, -0.1) is 0 Å². The van der Waals surface area contributed by atoms with E-state index in [1.807, 2.05) is 6.07 Å². The molecule has 0 aromatic heterocycles. The molecule has 2 rings (SSSR count). The maximum atomic E-state index is 11.6. The second-order valence-corrected chi connectivity index (χ2v) is 4.44. The highest BCUT2D eigenvalue weighted by Crippen LogP contribution is 2.10. The van der Waals surface area contributed by atoms with Crippen molar-refractivity contribution in [2.75, 3.05) is 0 Å². The average molecular weight is 286 g/mol. The molecule has 4 heteroatoms. The Morgan fingerprint density at radius 2 is 1.70 bits per heavy atom. The van der Waals surface area contributed by atoms with Crippen LogP contribution in [-0.2, 0) is 9.53 Å². The third-order valence-electron chi connectivity index (χ3n) is 2.52. The van der Waals surface area contributed by atoms with Gasteiger partial charge in [0.25, 0.3) is 0 Å². The fraction of sp³-hybridized carbons (Fsp3) is 0. The summed E-state index contributed by atoms with van der Waals surface area (Å²) in [5.74, 6) is -0.759. The number of carbonyl (C=O) groups is 1. The molecule has 0 bridgehead atoms. The summed E-state index contributed by atoms with van der Waals surface area (Å²) >= 11 is 5.77. The van der Waals surface area contributed by atoms with E-state index in [9.17, 15) is 4.79 Å². The summed E-state index contributed by atoms with van der Waals surface area (Å²) in [7, 11) is 0. The van der Waals surface area contributed by atoms with E-state index in [1.54, 1.807) is 54.6 Å². The maximum absolute atomic E-state index is 11.6. The molecular formula is C16H12ClNO2. The molecule has 0 aliphatic rings. The van der Waals surface area contributed by atoms with Crippen molar-refractivity contribution in [2.24, 2.45) is 0 Å². The molecule has 0 heterocycles. The molecule has 1 N–H and O–H groups in total. The number of nitrogens with one attached hydrogen (secondary N) is 1. The lowest BCUT2D eigenvalue weighted by Gasteiger charge is -2.02. The first-order chi connectivity index (χ1) is 9.65. The minimum atomic E-state index is -0.589. The van der Waals surface area contributed by atoms with Crippen LogP contribution in [0.25, 0.3) is 6.08 Å². The number of ether oxygens (including phenoxy) is 1. The van der Waals surface area contributed by atoms with Gasteiger partial charge in [-0.3, -0.25) is 5.41 Å². The van der Waals surface area contributed by atoms with Gasteiger partial charge in [0.05, 0.1) is 0 Å². The van der Waals surface area contributed by atoms with Crippen molar-refractivity contribution in [3.8, 4) is 0 Å². The summed E-state index contributed by atoms with van der Waals surface area (Å²) < 4.78 is 4.91. The molecule has 100 valence electrons. The number of hydrogen-bond acceptors (Lipinski definition) is 3. The molecule has 0 amide bonds. The highest BCUT2D eigenvalue weighted by Gasteiger charge is 2.05. The van der Waals surface area contributed by atoms with E-state index in [0.717, 1.165) is 5.56 Å². The molecule has 0 spiro atoms. The molecular weight excluding hydrogens is 274 g/mol. The number of halogens is 1. The molecule has 2 aromatic carbocycles. The van der Waals surface area contributed by atoms with Crippen molar-refractivity contribution >= 4 is 29.5 Å². The molecule has 0 aliphatic heterocycles. The summed E-state index contributed by atoms with van der Waals surface area (Å²) in [6.07, 6.45) is 2.89. The Morgan fingerprint density at radius 3 is 2.35 bits per heavy atom. The van der Waals surface area contributed by atoms with E-state index in [0.29, 0.717) is 10.6 Å². The van der Waals surface area contributed by atoms with E-state index in [4.69, 9.17) is 21.7 Å². The van der Waals surface area contributed by atoms with Gasteiger partial charge in [-0.05, 0) is 35.9 Å². The summed E-state index contributed by atoms with van der Waals surface area (Å²) in [6.45, 7) is 0. The fourth-order valence-electron chi connectivity index (χ4n) is 1.52. The Balaban J connectivity index is 1.96. The molecule has 3 nitrogen and oxygen atoms in total. The Labute approximate surface area is 122 Å². The lowest BCUT2D eigenvalue weighted by molar-refractivity contribution is -0.129. The molecule has 0 aliphatic carbocycles. The van der Waals surface area contributed by atoms with E-state index in [1.165, 1.54) is 6.08 Å². The van der Waals surface area contributed by atoms with E-state index >= 15 is 0 Å². The summed E-state index contributed by atoms with van der Waals surface area (Å²) in [6, 6.07) is 15.8. The zero-order valence-corrected chi connectivity index (χ0v) is 11.3. The number of hydrogen-bond donors (Lipinski definition) is 1. The highest BCUT2D eigenvalue weighted by atomic mass is 35.5. The van der Waals surface area contributed by atoms with Crippen molar-refractivity contribution in [1.82, 2.24) is 0 Å². The van der Waals surface area contributed by atoms with Gasteiger partial charge in [0, 0.05) is 16.7 Å². The van der Waals surface area contributed by atoms with Gasteiger partial charge in [0.1, 0.15) is 0 Å². The van der Waals surface area contributed by atoms with Crippen LogP contribution >= 0.6 is 11.6 Å². The molecule has 0 unspecified atom stereocenters. The van der Waals surface area contributed by atoms with Crippen LogP contribution in [0.1, 0.15) is 11.1 Å². The SMILES string of the molecule is N=C(OC(=O)/C=C/c1ccc(Cl)cc1)c1ccccc1. The van der Waals surface area contributed by atoms with Crippen molar-refractivity contribution in [3.05, 3.63) is 76.8 Å². The molecule has 0 radical (unpaired) electrons. The number of esters is 1. The van der Waals surface area contributed by atoms with Crippen molar-refractivity contribution in [3.63, 3.8) is 0 Å². The third-order valence-corrected chi connectivity index (χ3v) is 2.77. The van der Waals surface area contributed by atoms with Crippen LogP contribution < -0.4 is 0 Å². The van der Waals surface area contributed by atoms with Gasteiger partial charge >= 0.3 is 5.97 Å². The van der Waals surface area contributed by atoms with Crippen LogP contribution in [0.2, 0.25) is 5.02 Å². The first-order valence-electron chi connectivity index (χ1n) is 5.94. The second kappa shape index (κ2) is 6.68. The molecule has 0 atom stereocenters. The Kier molecular flexibility index (Phi) is 4.69. The number of benzene rings is 2. The molecule has 0 saturated heterocycles. The zero-order valence-electron chi connectivity index (χ0n) is 10.5. The van der Waals surface area contributed by atoms with Gasteiger partial charge in [0.15, 0.2) is 0 Å². The van der Waals surface area contributed by atoms with Crippen molar-refractivity contribution < 1.29 is 9.53 Å². The van der Waals surface area contributed by atoms with Gasteiger partial charge < -0.3 is 4.74 Å². The standard InChI is InChI=1S/C16H12ClNO2/c17-14-9-6-12(7-10-14)8-11-15(19)20-16(18)13-4-2-1-3-5-13/h1-11,18H/b11-8+,18-16?.